The van der Waals surface area contributed by atoms with E-state index in [1.54, 1.807) is 0 Å². The molecule has 6 heteroatoms. The third kappa shape index (κ3) is 3.20. The molecule has 0 unspecified atom stereocenters. The van der Waals surface area contributed by atoms with E-state index in [2.05, 4.69) is 5.32 Å². The van der Waals surface area contributed by atoms with E-state index in [-0.39, 0.29) is 18.2 Å². The minimum absolute atomic E-state index is 0.0100. The summed E-state index contributed by atoms with van der Waals surface area (Å²) in [5.74, 6) is -0.552. The van der Waals surface area contributed by atoms with Gasteiger partial charge >= 0.3 is 6.18 Å². The van der Waals surface area contributed by atoms with Crippen molar-refractivity contribution in [3.8, 4) is 0 Å². The molecule has 2 rings (SSSR count). The first-order valence-corrected chi connectivity index (χ1v) is 5.63. The molecule has 2 nitrogen and oxygen atoms in total. The normalized spacial score (nSPS) is 22.1. The largest absolute Gasteiger partial charge is 0.407 e. The fourth-order valence-electron chi connectivity index (χ4n) is 1.94. The summed E-state index contributed by atoms with van der Waals surface area (Å²) in [4.78, 5) is 0. The number of hydrogen-bond acceptors (Lipinski definition) is 2. The first kappa shape index (κ1) is 13.3. The highest BCUT2D eigenvalue weighted by Gasteiger charge is 2.42. The SMILES string of the molecule is Fc1ccc([C@H](N[C@@H]2CCOC2)C(F)(F)F)cc1. The number of rotatable bonds is 3. The Morgan fingerprint density at radius 2 is 1.89 bits per heavy atom. The Morgan fingerprint density at radius 1 is 1.22 bits per heavy atom. The van der Waals surface area contributed by atoms with E-state index in [0.717, 1.165) is 24.3 Å². The van der Waals surface area contributed by atoms with E-state index in [1.165, 1.54) is 0 Å². The lowest BCUT2D eigenvalue weighted by Crippen LogP contribution is -2.41. The molecule has 1 aliphatic heterocycles. The van der Waals surface area contributed by atoms with Gasteiger partial charge in [-0.05, 0) is 24.1 Å². The van der Waals surface area contributed by atoms with Crippen LogP contribution in [0.5, 0.6) is 0 Å². The fraction of sp³-hybridized carbons (Fsp3) is 0.500. The van der Waals surface area contributed by atoms with Gasteiger partial charge in [0.2, 0.25) is 0 Å². The number of ether oxygens (including phenoxy) is 1. The van der Waals surface area contributed by atoms with Gasteiger partial charge in [-0.15, -0.1) is 0 Å². The van der Waals surface area contributed by atoms with Gasteiger partial charge in [-0.1, -0.05) is 12.1 Å². The lowest BCUT2D eigenvalue weighted by atomic mass is 10.0. The molecule has 0 amide bonds. The molecule has 0 bridgehead atoms. The van der Waals surface area contributed by atoms with Crippen molar-refractivity contribution in [3.63, 3.8) is 0 Å². The lowest BCUT2D eigenvalue weighted by molar-refractivity contribution is -0.159. The Bertz CT molecular complexity index is 384. The average molecular weight is 263 g/mol. The van der Waals surface area contributed by atoms with Crippen molar-refractivity contribution in [2.24, 2.45) is 0 Å². The summed E-state index contributed by atoms with van der Waals surface area (Å²) in [7, 11) is 0. The molecular weight excluding hydrogens is 250 g/mol. The Balaban J connectivity index is 2.16. The molecule has 0 spiro atoms. The maximum atomic E-state index is 13.0. The third-order valence-corrected chi connectivity index (χ3v) is 2.86. The van der Waals surface area contributed by atoms with Crippen LogP contribution in [0.15, 0.2) is 24.3 Å². The van der Waals surface area contributed by atoms with Crippen molar-refractivity contribution in [1.29, 1.82) is 0 Å². The van der Waals surface area contributed by atoms with Gasteiger partial charge in [-0.25, -0.2) is 4.39 Å². The van der Waals surface area contributed by atoms with Gasteiger partial charge < -0.3 is 4.74 Å². The van der Waals surface area contributed by atoms with Crippen LogP contribution in [0.25, 0.3) is 0 Å². The number of halogens is 4. The van der Waals surface area contributed by atoms with Crippen molar-refractivity contribution in [1.82, 2.24) is 5.32 Å². The second-order valence-corrected chi connectivity index (χ2v) is 4.25. The van der Waals surface area contributed by atoms with Crippen molar-refractivity contribution in [2.75, 3.05) is 13.2 Å². The molecule has 1 N–H and O–H groups in total. The van der Waals surface area contributed by atoms with E-state index in [0.29, 0.717) is 13.0 Å². The van der Waals surface area contributed by atoms with E-state index >= 15 is 0 Å². The van der Waals surface area contributed by atoms with Crippen LogP contribution in [0.2, 0.25) is 0 Å². The van der Waals surface area contributed by atoms with Gasteiger partial charge in [0.15, 0.2) is 0 Å². The minimum atomic E-state index is -4.42. The number of hydrogen-bond donors (Lipinski definition) is 1. The van der Waals surface area contributed by atoms with Crippen LogP contribution in [0.4, 0.5) is 17.6 Å². The quantitative estimate of drug-likeness (QED) is 0.847. The van der Waals surface area contributed by atoms with Crippen molar-refractivity contribution >= 4 is 0 Å². The molecule has 0 radical (unpaired) electrons. The summed E-state index contributed by atoms with van der Waals surface area (Å²) in [5.41, 5.74) is 0.0100. The molecule has 1 heterocycles. The van der Waals surface area contributed by atoms with Gasteiger partial charge in [0, 0.05) is 12.6 Å². The smallest absolute Gasteiger partial charge is 0.380 e. The number of alkyl halides is 3. The molecule has 1 aromatic carbocycles. The van der Waals surface area contributed by atoms with Crippen LogP contribution < -0.4 is 5.32 Å². The standard InChI is InChI=1S/C12H13F4NO/c13-9-3-1-8(2-4-9)11(12(14,15)16)17-10-5-6-18-7-10/h1-4,10-11,17H,5-7H2/t10-,11+/m1/s1. The van der Waals surface area contributed by atoms with Gasteiger partial charge in [0.05, 0.1) is 6.61 Å². The lowest BCUT2D eigenvalue weighted by Gasteiger charge is -2.25. The predicted molar refractivity (Wildman–Crippen MR) is 57.6 cm³/mol. The third-order valence-electron chi connectivity index (χ3n) is 2.86. The van der Waals surface area contributed by atoms with Crippen LogP contribution in [-0.4, -0.2) is 25.4 Å². The molecule has 1 aliphatic rings. The highest BCUT2D eigenvalue weighted by atomic mass is 19.4. The van der Waals surface area contributed by atoms with Gasteiger partial charge in [-0.2, -0.15) is 13.2 Å². The van der Waals surface area contributed by atoms with Gasteiger partial charge in [0.25, 0.3) is 0 Å². The topological polar surface area (TPSA) is 21.3 Å². The van der Waals surface area contributed by atoms with E-state index in [9.17, 15) is 17.6 Å². The van der Waals surface area contributed by atoms with Crippen LogP contribution in [0, 0.1) is 5.82 Å². The summed E-state index contributed by atoms with van der Waals surface area (Å²) in [5, 5.41) is 2.52. The molecular formula is C12H13F4NO. The van der Waals surface area contributed by atoms with Crippen LogP contribution >= 0.6 is 0 Å². The molecule has 18 heavy (non-hydrogen) atoms. The number of benzene rings is 1. The highest BCUT2D eigenvalue weighted by molar-refractivity contribution is 5.21. The van der Waals surface area contributed by atoms with Crippen molar-refractivity contribution < 1.29 is 22.3 Å². The van der Waals surface area contributed by atoms with Crippen molar-refractivity contribution in [2.45, 2.75) is 24.7 Å². The molecule has 100 valence electrons. The fourth-order valence-corrected chi connectivity index (χ4v) is 1.94. The Labute approximate surface area is 102 Å². The molecule has 1 fully saturated rings. The zero-order chi connectivity index (χ0) is 13.2. The number of nitrogens with one attached hydrogen (secondary N) is 1. The molecule has 2 atom stereocenters. The summed E-state index contributed by atoms with van der Waals surface area (Å²) in [6.45, 7) is 0.736. The second kappa shape index (κ2) is 5.24. The molecule has 1 aromatic rings. The zero-order valence-corrected chi connectivity index (χ0v) is 9.51. The predicted octanol–water partition coefficient (Wildman–Crippen LogP) is 2.81. The zero-order valence-electron chi connectivity index (χ0n) is 9.51. The van der Waals surface area contributed by atoms with Crippen LogP contribution in [-0.2, 0) is 4.74 Å². The van der Waals surface area contributed by atoms with Crippen LogP contribution in [0.3, 0.4) is 0 Å². The van der Waals surface area contributed by atoms with Crippen molar-refractivity contribution in [3.05, 3.63) is 35.6 Å². The summed E-state index contributed by atoms with van der Waals surface area (Å²) >= 11 is 0. The highest BCUT2D eigenvalue weighted by Crippen LogP contribution is 2.33. The first-order chi connectivity index (χ1) is 8.47. The second-order valence-electron chi connectivity index (χ2n) is 4.25. The van der Waals surface area contributed by atoms with Crippen LogP contribution in [0.1, 0.15) is 18.0 Å². The average Bonchev–Trinajstić information content (AvgIpc) is 2.79. The molecule has 0 aromatic heterocycles. The van der Waals surface area contributed by atoms with Gasteiger partial charge in [0.1, 0.15) is 11.9 Å². The summed E-state index contributed by atoms with van der Waals surface area (Å²) in [6.07, 6.45) is -3.87. The van der Waals surface area contributed by atoms with E-state index < -0.39 is 18.0 Å². The van der Waals surface area contributed by atoms with E-state index in [1.807, 2.05) is 0 Å². The molecule has 0 aliphatic carbocycles. The monoisotopic (exact) mass is 263 g/mol. The summed E-state index contributed by atoms with van der Waals surface area (Å²) < 4.78 is 56.7. The maximum absolute atomic E-state index is 13.0. The molecule has 0 saturated carbocycles. The summed E-state index contributed by atoms with van der Waals surface area (Å²) in [6, 6.07) is 2.25. The molecule has 1 saturated heterocycles. The first-order valence-electron chi connectivity index (χ1n) is 5.63. The van der Waals surface area contributed by atoms with E-state index in [4.69, 9.17) is 4.74 Å². The Morgan fingerprint density at radius 3 is 2.39 bits per heavy atom. The maximum Gasteiger partial charge on any atom is 0.407 e. The Hall–Kier alpha value is -1.14. The minimum Gasteiger partial charge on any atom is -0.380 e. The van der Waals surface area contributed by atoms with Gasteiger partial charge in [-0.3, -0.25) is 5.32 Å². The Kier molecular flexibility index (Phi) is 3.87.